The number of hydrogen-bond donors (Lipinski definition) is 2. The van der Waals surface area contributed by atoms with Crippen LogP contribution in [0.3, 0.4) is 0 Å². The fraction of sp³-hybridized carbons (Fsp3) is 1.00. The lowest BCUT2D eigenvalue weighted by Crippen LogP contribution is -2.48. The Morgan fingerprint density at radius 3 is 2.41 bits per heavy atom. The molecule has 0 spiro atoms. The molecule has 3 nitrogen and oxygen atoms in total. The number of aliphatic hydroxyl groups excluding tert-OH is 1. The highest BCUT2D eigenvalue weighted by atomic mass is 16.2. The summed E-state index contributed by atoms with van der Waals surface area (Å²) in [5.41, 5.74) is 0. The third kappa shape index (κ3) is 3.67. The van der Waals surface area contributed by atoms with Gasteiger partial charge in [-0.3, -0.25) is 0 Å². The van der Waals surface area contributed by atoms with Gasteiger partial charge < -0.3 is 15.3 Å². The number of nitrogens with one attached hydrogen (secondary N) is 1. The van der Waals surface area contributed by atoms with E-state index in [2.05, 4.69) is 17.1 Å². The van der Waals surface area contributed by atoms with Crippen molar-refractivity contribution in [3.63, 3.8) is 0 Å². The van der Waals surface area contributed by atoms with Crippen LogP contribution in [0.15, 0.2) is 0 Å². The van der Waals surface area contributed by atoms with E-state index in [1.54, 1.807) is 0 Å². The first-order chi connectivity index (χ1) is 8.33. The highest BCUT2D eigenvalue weighted by Crippen LogP contribution is 2.29. The first kappa shape index (κ1) is 13.3. The summed E-state index contributed by atoms with van der Waals surface area (Å²) in [5, 5.41) is 12.6. The van der Waals surface area contributed by atoms with Crippen molar-refractivity contribution < 1.29 is 5.11 Å². The summed E-state index contributed by atoms with van der Waals surface area (Å²) < 4.78 is 0. The molecule has 0 saturated carbocycles. The molecule has 2 N–H and O–H groups in total. The molecule has 3 heteroatoms. The van der Waals surface area contributed by atoms with Gasteiger partial charge in [-0.15, -0.1) is 0 Å². The van der Waals surface area contributed by atoms with Crippen LogP contribution in [0.2, 0.25) is 0 Å². The van der Waals surface area contributed by atoms with Gasteiger partial charge in [-0.25, -0.2) is 0 Å². The van der Waals surface area contributed by atoms with Crippen LogP contribution in [-0.4, -0.2) is 47.8 Å². The van der Waals surface area contributed by atoms with Crippen molar-refractivity contribution in [1.29, 1.82) is 0 Å². The highest BCUT2D eigenvalue weighted by molar-refractivity contribution is 4.95. The zero-order valence-corrected chi connectivity index (χ0v) is 11.2. The van der Waals surface area contributed by atoms with E-state index in [4.69, 9.17) is 5.11 Å². The van der Waals surface area contributed by atoms with Gasteiger partial charge in [0, 0.05) is 24.7 Å². The number of aliphatic hydroxyl groups is 1. The van der Waals surface area contributed by atoms with Gasteiger partial charge in [-0.2, -0.15) is 0 Å². The molecule has 2 rings (SSSR count). The molecule has 0 aliphatic carbocycles. The van der Waals surface area contributed by atoms with Crippen LogP contribution < -0.4 is 5.32 Å². The SMILES string of the molecule is CCCN(CCCCO)C1CC2CCC(C1)N2. The van der Waals surface area contributed by atoms with Crippen LogP contribution >= 0.6 is 0 Å². The first-order valence-electron chi connectivity index (χ1n) is 7.44. The van der Waals surface area contributed by atoms with Crippen LogP contribution in [0.1, 0.15) is 51.9 Å². The van der Waals surface area contributed by atoms with Crippen molar-refractivity contribution in [2.75, 3.05) is 19.7 Å². The fourth-order valence-electron chi connectivity index (χ4n) is 3.52. The van der Waals surface area contributed by atoms with E-state index in [-0.39, 0.29) is 0 Å². The van der Waals surface area contributed by atoms with Crippen LogP contribution in [0.5, 0.6) is 0 Å². The smallest absolute Gasteiger partial charge is 0.0431 e. The minimum atomic E-state index is 0.345. The number of rotatable bonds is 7. The fourth-order valence-corrected chi connectivity index (χ4v) is 3.52. The topological polar surface area (TPSA) is 35.5 Å². The lowest BCUT2D eigenvalue weighted by atomic mass is 9.97. The standard InChI is InChI=1S/C14H28N2O/c1-2-7-16(8-3-4-9-17)14-10-12-5-6-13(11-14)15-12/h12-15,17H,2-11H2,1H3. The molecule has 0 radical (unpaired) electrons. The summed E-state index contributed by atoms with van der Waals surface area (Å²) in [7, 11) is 0. The zero-order chi connectivity index (χ0) is 12.1. The Morgan fingerprint density at radius 1 is 1.12 bits per heavy atom. The zero-order valence-electron chi connectivity index (χ0n) is 11.2. The van der Waals surface area contributed by atoms with E-state index in [0.717, 1.165) is 31.0 Å². The van der Waals surface area contributed by atoms with Crippen LogP contribution in [-0.2, 0) is 0 Å². The summed E-state index contributed by atoms with van der Waals surface area (Å²) in [6, 6.07) is 2.37. The number of nitrogens with zero attached hydrogens (tertiary/aromatic N) is 1. The van der Waals surface area contributed by atoms with Crippen molar-refractivity contribution in [2.24, 2.45) is 0 Å². The van der Waals surface area contributed by atoms with Crippen LogP contribution in [0, 0.1) is 0 Å². The van der Waals surface area contributed by atoms with Gasteiger partial charge in [0.2, 0.25) is 0 Å². The minimum Gasteiger partial charge on any atom is -0.396 e. The van der Waals surface area contributed by atoms with Gasteiger partial charge in [-0.05, 0) is 58.0 Å². The van der Waals surface area contributed by atoms with Gasteiger partial charge in [-0.1, -0.05) is 6.92 Å². The Kier molecular flexibility index (Phi) is 5.26. The molecule has 100 valence electrons. The quantitative estimate of drug-likeness (QED) is 0.666. The second-order valence-corrected chi connectivity index (χ2v) is 5.73. The highest BCUT2D eigenvalue weighted by Gasteiger charge is 2.35. The summed E-state index contributed by atoms with van der Waals surface area (Å²) >= 11 is 0. The molecule has 0 amide bonds. The van der Waals surface area contributed by atoms with Gasteiger partial charge in [0.25, 0.3) is 0 Å². The molecule has 2 fully saturated rings. The van der Waals surface area contributed by atoms with Crippen molar-refractivity contribution in [3.8, 4) is 0 Å². The Morgan fingerprint density at radius 2 is 1.82 bits per heavy atom. The maximum absolute atomic E-state index is 8.88. The lowest BCUT2D eigenvalue weighted by molar-refractivity contribution is 0.135. The Labute approximate surface area is 106 Å². The van der Waals surface area contributed by atoms with Crippen LogP contribution in [0.4, 0.5) is 0 Å². The maximum Gasteiger partial charge on any atom is 0.0431 e. The molecule has 2 atom stereocenters. The Bertz CT molecular complexity index is 210. The Hall–Kier alpha value is -0.120. The van der Waals surface area contributed by atoms with E-state index in [1.807, 2.05) is 0 Å². The second kappa shape index (κ2) is 6.72. The van der Waals surface area contributed by atoms with Gasteiger partial charge in [0.15, 0.2) is 0 Å². The average molecular weight is 240 g/mol. The Balaban J connectivity index is 1.82. The molecule has 0 aromatic heterocycles. The molecule has 17 heavy (non-hydrogen) atoms. The number of unbranched alkanes of at least 4 members (excludes halogenated alkanes) is 1. The van der Waals surface area contributed by atoms with Crippen LogP contribution in [0.25, 0.3) is 0 Å². The molecule has 0 aromatic carbocycles. The van der Waals surface area contributed by atoms with E-state index < -0.39 is 0 Å². The largest absolute Gasteiger partial charge is 0.396 e. The predicted molar refractivity (Wildman–Crippen MR) is 71.2 cm³/mol. The lowest BCUT2D eigenvalue weighted by Gasteiger charge is -2.37. The molecule has 2 unspecified atom stereocenters. The van der Waals surface area contributed by atoms with Crippen molar-refractivity contribution in [3.05, 3.63) is 0 Å². The molecule has 2 aliphatic rings. The van der Waals surface area contributed by atoms with Gasteiger partial charge in [0.05, 0.1) is 0 Å². The number of fused-ring (bicyclic) bond motifs is 2. The van der Waals surface area contributed by atoms with E-state index in [1.165, 1.54) is 45.2 Å². The molecule has 2 aliphatic heterocycles. The third-order valence-corrected chi connectivity index (χ3v) is 4.33. The van der Waals surface area contributed by atoms with E-state index >= 15 is 0 Å². The van der Waals surface area contributed by atoms with Crippen molar-refractivity contribution in [1.82, 2.24) is 10.2 Å². The molecule has 2 heterocycles. The monoisotopic (exact) mass is 240 g/mol. The molecule has 2 saturated heterocycles. The minimum absolute atomic E-state index is 0.345. The summed E-state index contributed by atoms with van der Waals surface area (Å²) in [6.45, 7) is 5.03. The molecular weight excluding hydrogens is 212 g/mol. The summed E-state index contributed by atoms with van der Waals surface area (Å²) in [6.07, 6.45) is 8.81. The van der Waals surface area contributed by atoms with Crippen molar-refractivity contribution in [2.45, 2.75) is 70.0 Å². The summed E-state index contributed by atoms with van der Waals surface area (Å²) in [4.78, 5) is 2.68. The molecule has 0 aromatic rings. The first-order valence-corrected chi connectivity index (χ1v) is 7.44. The van der Waals surface area contributed by atoms with Gasteiger partial charge >= 0.3 is 0 Å². The predicted octanol–water partition coefficient (Wildman–Crippen LogP) is 1.75. The molecular formula is C14H28N2O. The van der Waals surface area contributed by atoms with Gasteiger partial charge in [0.1, 0.15) is 0 Å². The van der Waals surface area contributed by atoms with E-state index in [9.17, 15) is 0 Å². The number of hydrogen-bond acceptors (Lipinski definition) is 3. The van der Waals surface area contributed by atoms with Crippen molar-refractivity contribution >= 4 is 0 Å². The normalized spacial score (nSPS) is 32.3. The van der Waals surface area contributed by atoms with E-state index in [0.29, 0.717) is 6.61 Å². The number of piperidine rings is 1. The summed E-state index contributed by atoms with van der Waals surface area (Å²) in [5.74, 6) is 0. The molecule has 2 bridgehead atoms. The average Bonchev–Trinajstić information content (AvgIpc) is 2.67. The third-order valence-electron chi connectivity index (χ3n) is 4.33. The maximum atomic E-state index is 8.88. The second-order valence-electron chi connectivity index (χ2n) is 5.73.